The number of nitrogens with zero attached hydrogens (tertiary/aromatic N) is 3. The lowest BCUT2D eigenvalue weighted by molar-refractivity contribution is -0.0708. The maximum atomic E-state index is 5.90. The SMILES string of the molecule is CCC1(C)CC(Nc2cccc(-n3cnnc3)c2)CCO1. The van der Waals surface area contributed by atoms with Crippen LogP contribution in [0, 0.1) is 0 Å². The van der Waals surface area contributed by atoms with Crippen LogP contribution in [0.5, 0.6) is 0 Å². The number of rotatable bonds is 4. The number of benzene rings is 1. The van der Waals surface area contributed by atoms with E-state index in [4.69, 9.17) is 4.74 Å². The number of nitrogens with one attached hydrogen (secondary N) is 1. The fourth-order valence-electron chi connectivity index (χ4n) is 2.83. The zero-order valence-electron chi connectivity index (χ0n) is 12.6. The lowest BCUT2D eigenvalue weighted by atomic mass is 9.90. The maximum Gasteiger partial charge on any atom is 0.123 e. The van der Waals surface area contributed by atoms with Gasteiger partial charge in [-0.15, -0.1) is 10.2 Å². The van der Waals surface area contributed by atoms with Gasteiger partial charge in [-0.25, -0.2) is 0 Å². The van der Waals surface area contributed by atoms with Crippen LogP contribution in [0.15, 0.2) is 36.9 Å². The molecular weight excluding hydrogens is 264 g/mol. The van der Waals surface area contributed by atoms with Crippen molar-refractivity contribution in [2.24, 2.45) is 0 Å². The average Bonchev–Trinajstić information content (AvgIpc) is 3.02. The summed E-state index contributed by atoms with van der Waals surface area (Å²) < 4.78 is 7.81. The number of hydrogen-bond acceptors (Lipinski definition) is 4. The standard InChI is InChI=1S/C16H22N4O/c1-3-16(2)10-14(7-8-21-16)19-13-5-4-6-15(9-13)20-11-17-18-12-20/h4-6,9,11-12,14,19H,3,7-8,10H2,1-2H3. The van der Waals surface area contributed by atoms with Crippen LogP contribution >= 0.6 is 0 Å². The summed E-state index contributed by atoms with van der Waals surface area (Å²) in [5.74, 6) is 0. The van der Waals surface area contributed by atoms with Crippen LogP contribution in [-0.4, -0.2) is 33.0 Å². The second-order valence-corrected chi connectivity index (χ2v) is 5.91. The Bertz CT molecular complexity index is 584. The van der Waals surface area contributed by atoms with Gasteiger partial charge in [-0.2, -0.15) is 0 Å². The van der Waals surface area contributed by atoms with E-state index in [0.29, 0.717) is 6.04 Å². The van der Waals surface area contributed by atoms with E-state index in [1.165, 1.54) is 0 Å². The van der Waals surface area contributed by atoms with Crippen LogP contribution in [-0.2, 0) is 4.74 Å². The van der Waals surface area contributed by atoms with Crippen molar-refractivity contribution < 1.29 is 4.74 Å². The van der Waals surface area contributed by atoms with Gasteiger partial charge in [-0.1, -0.05) is 13.0 Å². The van der Waals surface area contributed by atoms with E-state index in [-0.39, 0.29) is 5.60 Å². The summed E-state index contributed by atoms with van der Waals surface area (Å²) in [6, 6.07) is 8.79. The molecule has 2 unspecified atom stereocenters. The molecule has 1 saturated heterocycles. The third kappa shape index (κ3) is 3.24. The van der Waals surface area contributed by atoms with Crippen LogP contribution in [0.1, 0.15) is 33.1 Å². The maximum absolute atomic E-state index is 5.90. The molecule has 0 spiro atoms. The Balaban J connectivity index is 1.72. The van der Waals surface area contributed by atoms with Crippen molar-refractivity contribution in [3.05, 3.63) is 36.9 Å². The number of ether oxygens (including phenoxy) is 1. The molecule has 5 nitrogen and oxygen atoms in total. The molecule has 21 heavy (non-hydrogen) atoms. The minimum absolute atomic E-state index is 0.00178. The minimum atomic E-state index is 0.00178. The molecule has 2 aromatic rings. The van der Waals surface area contributed by atoms with Crippen molar-refractivity contribution in [2.75, 3.05) is 11.9 Å². The molecule has 1 aliphatic heterocycles. The summed E-state index contributed by atoms with van der Waals surface area (Å²) in [5.41, 5.74) is 2.20. The summed E-state index contributed by atoms with van der Waals surface area (Å²) in [7, 11) is 0. The van der Waals surface area contributed by atoms with Crippen LogP contribution in [0.4, 0.5) is 5.69 Å². The Hall–Kier alpha value is -1.88. The Morgan fingerprint density at radius 1 is 1.38 bits per heavy atom. The molecule has 1 fully saturated rings. The highest BCUT2D eigenvalue weighted by Crippen LogP contribution is 2.29. The van der Waals surface area contributed by atoms with Gasteiger partial charge >= 0.3 is 0 Å². The van der Waals surface area contributed by atoms with E-state index in [1.807, 2.05) is 4.57 Å². The molecule has 0 bridgehead atoms. The van der Waals surface area contributed by atoms with Crippen LogP contribution in [0.25, 0.3) is 5.69 Å². The third-order valence-corrected chi connectivity index (χ3v) is 4.28. The Morgan fingerprint density at radius 3 is 2.95 bits per heavy atom. The van der Waals surface area contributed by atoms with Gasteiger partial charge in [0.05, 0.1) is 11.3 Å². The van der Waals surface area contributed by atoms with Gasteiger partial charge in [0.25, 0.3) is 0 Å². The molecule has 0 aliphatic carbocycles. The Morgan fingerprint density at radius 2 is 2.19 bits per heavy atom. The molecule has 5 heteroatoms. The van der Waals surface area contributed by atoms with Crippen molar-refractivity contribution in [3.8, 4) is 5.69 Å². The van der Waals surface area contributed by atoms with Crippen molar-refractivity contribution in [2.45, 2.75) is 44.8 Å². The lowest BCUT2D eigenvalue weighted by Gasteiger charge is -2.38. The first kappa shape index (κ1) is 14.1. The Kier molecular flexibility index (Phi) is 3.92. The van der Waals surface area contributed by atoms with Crippen LogP contribution in [0.2, 0.25) is 0 Å². The van der Waals surface area contributed by atoms with Gasteiger partial charge in [0, 0.05) is 18.3 Å². The van der Waals surface area contributed by atoms with E-state index in [1.54, 1.807) is 12.7 Å². The molecule has 0 amide bonds. The second kappa shape index (κ2) is 5.85. The zero-order chi connectivity index (χ0) is 14.7. The summed E-state index contributed by atoms with van der Waals surface area (Å²) in [4.78, 5) is 0. The van der Waals surface area contributed by atoms with E-state index < -0.39 is 0 Å². The smallest absolute Gasteiger partial charge is 0.123 e. The van der Waals surface area contributed by atoms with Crippen molar-refractivity contribution >= 4 is 5.69 Å². The third-order valence-electron chi connectivity index (χ3n) is 4.28. The monoisotopic (exact) mass is 286 g/mol. The number of anilines is 1. The van der Waals surface area contributed by atoms with Crippen molar-refractivity contribution in [3.63, 3.8) is 0 Å². The first-order chi connectivity index (χ1) is 10.2. The zero-order valence-corrected chi connectivity index (χ0v) is 12.6. The van der Waals surface area contributed by atoms with Crippen molar-refractivity contribution in [1.82, 2.24) is 14.8 Å². The number of aromatic nitrogens is 3. The molecule has 2 atom stereocenters. The average molecular weight is 286 g/mol. The highest BCUT2D eigenvalue weighted by atomic mass is 16.5. The van der Waals surface area contributed by atoms with Gasteiger partial charge < -0.3 is 10.1 Å². The highest BCUT2D eigenvalue weighted by molar-refractivity contribution is 5.51. The largest absolute Gasteiger partial charge is 0.382 e. The summed E-state index contributed by atoms with van der Waals surface area (Å²) in [5, 5.41) is 11.3. The molecule has 3 rings (SSSR count). The first-order valence-electron chi connectivity index (χ1n) is 7.54. The normalized spacial score (nSPS) is 25.7. The van der Waals surface area contributed by atoms with Gasteiger partial charge in [-0.3, -0.25) is 4.57 Å². The van der Waals surface area contributed by atoms with Gasteiger partial charge in [0.2, 0.25) is 0 Å². The first-order valence-corrected chi connectivity index (χ1v) is 7.54. The topological polar surface area (TPSA) is 52.0 Å². The molecule has 1 N–H and O–H groups in total. The fraction of sp³-hybridized carbons (Fsp3) is 0.500. The quantitative estimate of drug-likeness (QED) is 0.938. The second-order valence-electron chi connectivity index (χ2n) is 5.91. The predicted octanol–water partition coefficient (Wildman–Crippen LogP) is 3.03. The van der Waals surface area contributed by atoms with E-state index in [2.05, 4.69) is 53.6 Å². The molecule has 1 aromatic carbocycles. The van der Waals surface area contributed by atoms with E-state index in [0.717, 1.165) is 37.2 Å². The van der Waals surface area contributed by atoms with E-state index >= 15 is 0 Å². The van der Waals surface area contributed by atoms with Gasteiger partial charge in [0.1, 0.15) is 12.7 Å². The van der Waals surface area contributed by atoms with Crippen molar-refractivity contribution in [1.29, 1.82) is 0 Å². The summed E-state index contributed by atoms with van der Waals surface area (Å²) in [6.45, 7) is 5.22. The molecule has 2 heterocycles. The molecular formula is C16H22N4O. The highest BCUT2D eigenvalue weighted by Gasteiger charge is 2.31. The Labute approximate surface area is 125 Å². The fourth-order valence-corrected chi connectivity index (χ4v) is 2.83. The molecule has 1 aromatic heterocycles. The van der Waals surface area contributed by atoms with E-state index in [9.17, 15) is 0 Å². The molecule has 0 radical (unpaired) electrons. The van der Waals surface area contributed by atoms with Crippen LogP contribution in [0.3, 0.4) is 0 Å². The summed E-state index contributed by atoms with van der Waals surface area (Å²) >= 11 is 0. The van der Waals surface area contributed by atoms with Gasteiger partial charge in [-0.05, 0) is 44.4 Å². The number of hydrogen-bond donors (Lipinski definition) is 1. The molecule has 1 aliphatic rings. The predicted molar refractivity (Wildman–Crippen MR) is 82.7 cm³/mol. The van der Waals surface area contributed by atoms with Gasteiger partial charge in [0.15, 0.2) is 0 Å². The van der Waals surface area contributed by atoms with Crippen LogP contribution < -0.4 is 5.32 Å². The lowest BCUT2D eigenvalue weighted by Crippen LogP contribution is -2.41. The summed E-state index contributed by atoms with van der Waals surface area (Å²) in [6.07, 6.45) is 6.56. The minimum Gasteiger partial charge on any atom is -0.382 e. The molecule has 0 saturated carbocycles. The molecule has 112 valence electrons.